The fourth-order valence-electron chi connectivity index (χ4n) is 2.89. The number of hydrogen-bond donors (Lipinski definition) is 7. The highest BCUT2D eigenvalue weighted by Crippen LogP contribution is 2.19. The van der Waals surface area contributed by atoms with Gasteiger partial charge in [0.1, 0.15) is 12.1 Å². The van der Waals surface area contributed by atoms with Gasteiger partial charge in [0, 0.05) is 35.7 Å². The zero-order valence-corrected chi connectivity index (χ0v) is 16.9. The summed E-state index contributed by atoms with van der Waals surface area (Å²) in [4.78, 5) is 50.3. The van der Waals surface area contributed by atoms with E-state index in [0.29, 0.717) is 0 Å². The second-order valence-corrected chi connectivity index (χ2v) is 7.11. The molecule has 1 heterocycles. The van der Waals surface area contributed by atoms with Crippen LogP contribution in [0.2, 0.25) is 0 Å². The third kappa shape index (κ3) is 6.22. The molecule has 0 fully saturated rings. The number of aromatic amines is 1. The van der Waals surface area contributed by atoms with Crippen LogP contribution in [-0.2, 0) is 25.6 Å². The highest BCUT2D eigenvalue weighted by molar-refractivity contribution is 7.80. The van der Waals surface area contributed by atoms with Crippen LogP contribution in [0.5, 0.6) is 0 Å². The van der Waals surface area contributed by atoms with Gasteiger partial charge < -0.3 is 31.6 Å². The summed E-state index contributed by atoms with van der Waals surface area (Å²) in [6.45, 7) is 0. The molecule has 0 aliphatic rings. The Kier molecular flexibility index (Phi) is 8.25. The maximum absolute atomic E-state index is 12.8. The molecule has 0 unspecified atom stereocenters. The Balaban J connectivity index is 2.23. The number of carbonyl (C=O) groups excluding carboxylic acids is 2. The Labute approximate surface area is 177 Å². The molecule has 0 bridgehead atoms. The number of aromatic nitrogens is 1. The summed E-state index contributed by atoms with van der Waals surface area (Å²) in [7, 11) is 0. The SMILES string of the molecule is N[C@@H](CS)C(=O)N[C@@H](Cc1c[nH]c2ccccc12)C(=O)N[C@@H](CCC(=O)O)C(=O)O. The number of amides is 2. The maximum Gasteiger partial charge on any atom is 0.326 e. The Bertz CT molecular complexity index is 931. The van der Waals surface area contributed by atoms with Crippen LogP contribution in [0, 0.1) is 0 Å². The molecule has 162 valence electrons. The molecule has 10 nitrogen and oxygen atoms in total. The number of carbonyl (C=O) groups is 4. The predicted octanol–water partition coefficient (Wildman–Crippen LogP) is -0.114. The molecule has 2 aromatic rings. The van der Waals surface area contributed by atoms with Crippen LogP contribution < -0.4 is 16.4 Å². The first-order chi connectivity index (χ1) is 14.2. The highest BCUT2D eigenvalue weighted by Gasteiger charge is 2.28. The number of carboxylic acid groups (broad SMARTS) is 2. The Hall–Kier alpha value is -3.05. The average molecular weight is 436 g/mol. The van der Waals surface area contributed by atoms with Crippen LogP contribution in [-0.4, -0.2) is 62.8 Å². The Morgan fingerprint density at radius 3 is 2.37 bits per heavy atom. The lowest BCUT2D eigenvalue weighted by Crippen LogP contribution is -2.55. The predicted molar refractivity (Wildman–Crippen MR) is 112 cm³/mol. The van der Waals surface area contributed by atoms with E-state index in [1.165, 1.54) is 0 Å². The first-order valence-corrected chi connectivity index (χ1v) is 9.83. The van der Waals surface area contributed by atoms with Crippen molar-refractivity contribution in [2.45, 2.75) is 37.4 Å². The molecule has 30 heavy (non-hydrogen) atoms. The van der Waals surface area contributed by atoms with E-state index in [0.717, 1.165) is 16.5 Å². The van der Waals surface area contributed by atoms with Crippen molar-refractivity contribution < 1.29 is 29.4 Å². The largest absolute Gasteiger partial charge is 0.481 e. The zero-order chi connectivity index (χ0) is 22.3. The molecule has 7 N–H and O–H groups in total. The van der Waals surface area contributed by atoms with Crippen LogP contribution >= 0.6 is 12.6 Å². The van der Waals surface area contributed by atoms with Gasteiger partial charge >= 0.3 is 11.9 Å². The molecular weight excluding hydrogens is 412 g/mol. The number of carboxylic acids is 2. The van der Waals surface area contributed by atoms with Crippen molar-refractivity contribution in [3.05, 3.63) is 36.0 Å². The van der Waals surface area contributed by atoms with Gasteiger partial charge in [-0.1, -0.05) is 18.2 Å². The van der Waals surface area contributed by atoms with E-state index in [2.05, 4.69) is 28.2 Å². The average Bonchev–Trinajstić information content (AvgIpc) is 3.12. The Morgan fingerprint density at radius 1 is 1.07 bits per heavy atom. The number of benzene rings is 1. The van der Waals surface area contributed by atoms with Gasteiger partial charge in [-0.3, -0.25) is 14.4 Å². The van der Waals surface area contributed by atoms with Gasteiger partial charge in [-0.15, -0.1) is 0 Å². The third-order valence-corrected chi connectivity index (χ3v) is 4.92. The van der Waals surface area contributed by atoms with E-state index in [-0.39, 0.29) is 18.6 Å². The van der Waals surface area contributed by atoms with Crippen molar-refractivity contribution in [1.29, 1.82) is 0 Å². The van der Waals surface area contributed by atoms with E-state index in [1.807, 2.05) is 24.3 Å². The molecule has 0 spiro atoms. The van der Waals surface area contributed by atoms with Crippen molar-refractivity contribution >= 4 is 47.3 Å². The maximum atomic E-state index is 12.8. The number of rotatable bonds is 11. The normalized spacial score (nSPS) is 13.9. The van der Waals surface area contributed by atoms with Gasteiger partial charge in [0.25, 0.3) is 0 Å². The van der Waals surface area contributed by atoms with Gasteiger partial charge in [-0.05, 0) is 18.1 Å². The summed E-state index contributed by atoms with van der Waals surface area (Å²) < 4.78 is 0. The van der Waals surface area contributed by atoms with Gasteiger partial charge in [0.2, 0.25) is 11.8 Å². The monoisotopic (exact) mass is 436 g/mol. The van der Waals surface area contributed by atoms with Crippen LogP contribution in [0.4, 0.5) is 0 Å². The van der Waals surface area contributed by atoms with Crippen molar-refractivity contribution in [2.24, 2.45) is 5.73 Å². The molecule has 0 aliphatic carbocycles. The molecule has 2 rings (SSSR count). The van der Waals surface area contributed by atoms with Crippen LogP contribution in [0.1, 0.15) is 18.4 Å². The number of hydrogen-bond acceptors (Lipinski definition) is 6. The summed E-state index contributed by atoms with van der Waals surface area (Å²) in [6, 6.07) is 3.91. The summed E-state index contributed by atoms with van der Waals surface area (Å²) >= 11 is 3.97. The van der Waals surface area contributed by atoms with Gasteiger partial charge in [0.15, 0.2) is 0 Å². The van der Waals surface area contributed by atoms with Gasteiger partial charge in [-0.25, -0.2) is 4.79 Å². The van der Waals surface area contributed by atoms with Crippen LogP contribution in [0.3, 0.4) is 0 Å². The second kappa shape index (κ2) is 10.6. The van der Waals surface area contributed by atoms with Crippen molar-refractivity contribution in [1.82, 2.24) is 15.6 Å². The van der Waals surface area contributed by atoms with E-state index in [9.17, 15) is 24.3 Å². The molecule has 3 atom stereocenters. The minimum atomic E-state index is -1.41. The number of aliphatic carboxylic acids is 2. The number of nitrogens with two attached hydrogens (primary N) is 1. The first-order valence-electron chi connectivity index (χ1n) is 9.19. The van der Waals surface area contributed by atoms with E-state index in [1.54, 1.807) is 6.20 Å². The molecule has 1 aromatic carbocycles. The number of H-pyrrole nitrogens is 1. The topological polar surface area (TPSA) is 175 Å². The molecule has 0 aliphatic heterocycles. The fourth-order valence-corrected chi connectivity index (χ4v) is 3.05. The molecule has 1 aromatic heterocycles. The summed E-state index contributed by atoms with van der Waals surface area (Å²) in [5.41, 5.74) is 7.25. The summed E-state index contributed by atoms with van der Waals surface area (Å²) in [5.74, 6) is -3.85. The first kappa shape index (κ1) is 23.2. The molecule has 2 amide bonds. The van der Waals surface area contributed by atoms with Crippen molar-refractivity contribution in [2.75, 3.05) is 5.75 Å². The number of para-hydroxylation sites is 1. The third-order valence-electron chi connectivity index (χ3n) is 4.53. The molecule has 11 heteroatoms. The minimum Gasteiger partial charge on any atom is -0.481 e. The highest BCUT2D eigenvalue weighted by atomic mass is 32.1. The summed E-state index contributed by atoms with van der Waals surface area (Å²) in [5, 5.41) is 23.8. The standard InChI is InChI=1S/C19H24N4O6S/c20-12(9-30)17(26)23-15(7-10-8-21-13-4-2-1-3-11(10)13)18(27)22-14(19(28)29)5-6-16(24)25/h1-4,8,12,14-15,21,30H,5-7,9,20H2,(H,22,27)(H,23,26)(H,24,25)(H,28,29)/t12-,14-,15-/m0/s1. The minimum absolute atomic E-state index is 0.0591. The lowest BCUT2D eigenvalue weighted by Gasteiger charge is -2.22. The van der Waals surface area contributed by atoms with Gasteiger partial charge in [0.05, 0.1) is 6.04 Å². The molecule has 0 saturated carbocycles. The lowest BCUT2D eigenvalue weighted by atomic mass is 10.0. The molecular formula is C19H24N4O6S. The number of fused-ring (bicyclic) bond motifs is 1. The number of thiol groups is 1. The smallest absolute Gasteiger partial charge is 0.326 e. The lowest BCUT2D eigenvalue weighted by molar-refractivity contribution is -0.143. The van der Waals surface area contributed by atoms with Crippen LogP contribution in [0.25, 0.3) is 10.9 Å². The van der Waals surface area contributed by atoms with Crippen molar-refractivity contribution in [3.8, 4) is 0 Å². The zero-order valence-electron chi connectivity index (χ0n) is 16.0. The van der Waals surface area contributed by atoms with Crippen LogP contribution in [0.15, 0.2) is 30.5 Å². The molecule has 0 saturated heterocycles. The van der Waals surface area contributed by atoms with E-state index in [4.69, 9.17) is 10.8 Å². The Morgan fingerprint density at radius 2 is 1.73 bits per heavy atom. The number of nitrogens with one attached hydrogen (secondary N) is 3. The van der Waals surface area contributed by atoms with Gasteiger partial charge in [-0.2, -0.15) is 12.6 Å². The van der Waals surface area contributed by atoms with E-state index >= 15 is 0 Å². The van der Waals surface area contributed by atoms with E-state index < -0.39 is 48.3 Å². The summed E-state index contributed by atoms with van der Waals surface area (Å²) in [6.07, 6.45) is 1.06. The quantitative estimate of drug-likeness (QED) is 0.240. The second-order valence-electron chi connectivity index (χ2n) is 6.75. The fraction of sp³-hybridized carbons (Fsp3) is 0.368. The van der Waals surface area contributed by atoms with Crippen molar-refractivity contribution in [3.63, 3.8) is 0 Å². The molecule has 0 radical (unpaired) electrons.